The van der Waals surface area contributed by atoms with Gasteiger partial charge in [0.15, 0.2) is 0 Å². The fourth-order valence-electron chi connectivity index (χ4n) is 0.818. The minimum atomic E-state index is 1.08. The molecule has 0 unspecified atom stereocenters. The SMILES string of the molecule is CC#CCCCCCS[CH]C. The van der Waals surface area contributed by atoms with Gasteiger partial charge in [-0.3, -0.25) is 0 Å². The summed E-state index contributed by atoms with van der Waals surface area (Å²) < 4.78 is 0. The van der Waals surface area contributed by atoms with Crippen LogP contribution >= 0.6 is 11.8 Å². The van der Waals surface area contributed by atoms with Gasteiger partial charge < -0.3 is 0 Å². The summed E-state index contributed by atoms with van der Waals surface area (Å²) in [5.41, 5.74) is 0. The van der Waals surface area contributed by atoms with Crippen molar-refractivity contribution in [2.75, 3.05) is 5.75 Å². The number of rotatable bonds is 6. The van der Waals surface area contributed by atoms with Gasteiger partial charge >= 0.3 is 0 Å². The van der Waals surface area contributed by atoms with Gasteiger partial charge in [-0.25, -0.2) is 0 Å². The van der Waals surface area contributed by atoms with E-state index >= 15 is 0 Å². The highest BCUT2D eigenvalue weighted by atomic mass is 32.2. The molecule has 0 aliphatic carbocycles. The normalized spacial score (nSPS) is 8.91. The van der Waals surface area contributed by atoms with E-state index in [-0.39, 0.29) is 0 Å². The van der Waals surface area contributed by atoms with Crippen LogP contribution in [0.15, 0.2) is 0 Å². The summed E-state index contributed by atoms with van der Waals surface area (Å²) in [4.78, 5) is 0. The van der Waals surface area contributed by atoms with Crippen LogP contribution in [0.5, 0.6) is 0 Å². The minimum absolute atomic E-state index is 1.08. The predicted octanol–water partition coefficient (Wildman–Crippen LogP) is 3.48. The van der Waals surface area contributed by atoms with Crippen molar-refractivity contribution in [1.82, 2.24) is 0 Å². The van der Waals surface area contributed by atoms with E-state index in [4.69, 9.17) is 0 Å². The number of hydrogen-bond donors (Lipinski definition) is 0. The van der Waals surface area contributed by atoms with E-state index in [1.54, 1.807) is 0 Å². The van der Waals surface area contributed by atoms with Crippen LogP contribution in [0.1, 0.15) is 39.5 Å². The molecule has 0 bridgehead atoms. The second-order valence-corrected chi connectivity index (χ2v) is 3.56. The van der Waals surface area contributed by atoms with Crippen molar-refractivity contribution >= 4 is 11.8 Å². The first-order valence-electron chi connectivity index (χ1n) is 4.21. The van der Waals surface area contributed by atoms with Crippen LogP contribution in [-0.2, 0) is 0 Å². The molecule has 0 spiro atoms. The molecule has 0 saturated carbocycles. The second-order valence-electron chi connectivity index (χ2n) is 2.34. The lowest BCUT2D eigenvalue weighted by molar-refractivity contribution is 0.743. The Morgan fingerprint density at radius 1 is 1.27 bits per heavy atom. The molecule has 0 aromatic heterocycles. The molecule has 0 atom stereocenters. The van der Waals surface area contributed by atoms with E-state index in [9.17, 15) is 0 Å². The van der Waals surface area contributed by atoms with Crippen LogP contribution in [0.4, 0.5) is 0 Å². The molecule has 0 heterocycles. The predicted molar refractivity (Wildman–Crippen MR) is 54.4 cm³/mol. The van der Waals surface area contributed by atoms with E-state index in [1.807, 2.05) is 18.7 Å². The molecule has 0 fully saturated rings. The third-order valence-corrected chi connectivity index (χ3v) is 2.27. The summed E-state index contributed by atoms with van der Waals surface area (Å²) in [7, 11) is 0. The third kappa shape index (κ3) is 9.91. The van der Waals surface area contributed by atoms with Crippen molar-refractivity contribution in [3.63, 3.8) is 0 Å². The molecule has 11 heavy (non-hydrogen) atoms. The van der Waals surface area contributed by atoms with Crippen molar-refractivity contribution in [3.05, 3.63) is 5.75 Å². The van der Waals surface area contributed by atoms with Crippen molar-refractivity contribution in [1.29, 1.82) is 0 Å². The zero-order valence-electron chi connectivity index (χ0n) is 7.52. The summed E-state index contributed by atoms with van der Waals surface area (Å²) in [6.07, 6.45) is 5.01. The van der Waals surface area contributed by atoms with Crippen LogP contribution < -0.4 is 0 Å². The molecule has 0 amide bonds. The molecule has 0 saturated heterocycles. The Morgan fingerprint density at radius 2 is 2.09 bits per heavy atom. The Morgan fingerprint density at radius 3 is 2.73 bits per heavy atom. The first kappa shape index (κ1) is 10.9. The average molecular weight is 169 g/mol. The van der Waals surface area contributed by atoms with Gasteiger partial charge in [-0.05, 0) is 25.5 Å². The van der Waals surface area contributed by atoms with Crippen molar-refractivity contribution in [2.24, 2.45) is 0 Å². The summed E-state index contributed by atoms with van der Waals surface area (Å²) in [6, 6.07) is 0. The maximum atomic E-state index is 3.07. The van der Waals surface area contributed by atoms with E-state index in [1.165, 1.54) is 25.0 Å². The Hall–Kier alpha value is -0.0900. The Balaban J connectivity index is 2.83. The van der Waals surface area contributed by atoms with Gasteiger partial charge in [0.05, 0.1) is 0 Å². The lowest BCUT2D eigenvalue weighted by Crippen LogP contribution is -1.79. The first-order valence-corrected chi connectivity index (χ1v) is 5.25. The molecule has 0 aliphatic rings. The molecule has 63 valence electrons. The first-order chi connectivity index (χ1) is 5.41. The Bertz CT molecular complexity index is 119. The highest BCUT2D eigenvalue weighted by Gasteiger charge is 1.87. The van der Waals surface area contributed by atoms with Crippen LogP contribution in [0, 0.1) is 17.6 Å². The molecule has 0 aromatic carbocycles. The topological polar surface area (TPSA) is 0 Å². The van der Waals surface area contributed by atoms with E-state index < -0.39 is 0 Å². The summed E-state index contributed by atoms with van der Waals surface area (Å²) in [5, 5.41) is 0. The molecule has 0 rings (SSSR count). The van der Waals surface area contributed by atoms with Gasteiger partial charge in [0.1, 0.15) is 0 Å². The number of unbranched alkanes of at least 4 members (excludes halogenated alkanes) is 3. The van der Waals surface area contributed by atoms with Crippen LogP contribution in [-0.4, -0.2) is 5.75 Å². The monoisotopic (exact) mass is 169 g/mol. The molecule has 0 aliphatic heterocycles. The molecule has 0 nitrogen and oxygen atoms in total. The van der Waals surface area contributed by atoms with Crippen LogP contribution in [0.2, 0.25) is 0 Å². The number of hydrogen-bond acceptors (Lipinski definition) is 1. The smallest absolute Gasteiger partial charge is 0.0135 e. The van der Waals surface area contributed by atoms with Gasteiger partial charge in [0.25, 0.3) is 0 Å². The van der Waals surface area contributed by atoms with Gasteiger partial charge in [-0.1, -0.05) is 13.3 Å². The van der Waals surface area contributed by atoms with E-state index in [2.05, 4.69) is 24.5 Å². The maximum absolute atomic E-state index is 3.07. The molecular formula is C10H17S. The van der Waals surface area contributed by atoms with Crippen LogP contribution in [0.3, 0.4) is 0 Å². The van der Waals surface area contributed by atoms with Crippen LogP contribution in [0.25, 0.3) is 0 Å². The van der Waals surface area contributed by atoms with E-state index in [0.29, 0.717) is 0 Å². The zero-order chi connectivity index (χ0) is 8.36. The molecule has 0 aromatic rings. The average Bonchev–Trinajstić information content (AvgIpc) is 2.03. The maximum Gasteiger partial charge on any atom is 0.0135 e. The lowest BCUT2D eigenvalue weighted by atomic mass is 10.2. The highest BCUT2D eigenvalue weighted by Crippen LogP contribution is 2.08. The van der Waals surface area contributed by atoms with Gasteiger partial charge in [-0.15, -0.1) is 11.8 Å². The minimum Gasteiger partial charge on any atom is -0.158 e. The summed E-state index contributed by atoms with van der Waals surface area (Å²) in [5.74, 6) is 9.42. The van der Waals surface area contributed by atoms with E-state index in [0.717, 1.165) is 6.42 Å². The zero-order valence-corrected chi connectivity index (χ0v) is 8.34. The third-order valence-electron chi connectivity index (χ3n) is 1.41. The fraction of sp³-hybridized carbons (Fsp3) is 0.700. The van der Waals surface area contributed by atoms with Crippen molar-refractivity contribution in [2.45, 2.75) is 39.5 Å². The largest absolute Gasteiger partial charge is 0.158 e. The van der Waals surface area contributed by atoms with Gasteiger partial charge in [0, 0.05) is 12.2 Å². The summed E-state index contributed by atoms with van der Waals surface area (Å²) in [6.45, 7) is 4.00. The molecule has 0 N–H and O–H groups in total. The van der Waals surface area contributed by atoms with Crippen molar-refractivity contribution in [3.8, 4) is 11.8 Å². The standard InChI is InChI=1S/C10H17S/c1-3-5-6-7-8-9-10-11-4-2/h4H,6-10H2,1-2H3. The molecular weight excluding hydrogens is 152 g/mol. The van der Waals surface area contributed by atoms with Crippen molar-refractivity contribution < 1.29 is 0 Å². The Labute approximate surface area is 75.1 Å². The molecule has 1 radical (unpaired) electrons. The quantitative estimate of drug-likeness (QED) is 0.433. The second kappa shape index (κ2) is 9.91. The highest BCUT2D eigenvalue weighted by molar-refractivity contribution is 8.01. The fourth-order valence-corrected chi connectivity index (χ4v) is 1.42. The summed E-state index contributed by atoms with van der Waals surface area (Å²) >= 11 is 1.91. The Kier molecular flexibility index (Phi) is 9.83. The number of thioether (sulfide) groups is 1. The molecule has 1 heteroatoms. The van der Waals surface area contributed by atoms with Gasteiger partial charge in [-0.2, -0.15) is 11.8 Å². The lowest BCUT2D eigenvalue weighted by Gasteiger charge is -1.95. The van der Waals surface area contributed by atoms with Gasteiger partial charge in [0.2, 0.25) is 0 Å².